The Morgan fingerprint density at radius 3 is 3.35 bits per heavy atom. The van der Waals surface area contributed by atoms with Crippen LogP contribution in [0, 0.1) is 0 Å². The molecule has 0 amide bonds. The van der Waals surface area contributed by atoms with Crippen LogP contribution in [0.25, 0.3) is 10.1 Å². The Hall–Kier alpha value is -1.13. The zero-order valence-corrected chi connectivity index (χ0v) is 10.6. The third-order valence-corrected chi connectivity index (χ3v) is 4.21. The van der Waals surface area contributed by atoms with Gasteiger partial charge in [-0.05, 0) is 43.3 Å². The number of nitrogens with one attached hydrogen (secondary N) is 2. The molecule has 17 heavy (non-hydrogen) atoms. The van der Waals surface area contributed by atoms with Crippen molar-refractivity contribution in [3.8, 4) is 0 Å². The first kappa shape index (κ1) is 11.0. The summed E-state index contributed by atoms with van der Waals surface area (Å²) in [5.74, 6) is 1.03. The first-order valence-electron chi connectivity index (χ1n) is 6.23. The molecule has 1 saturated heterocycles. The van der Waals surface area contributed by atoms with Crippen molar-refractivity contribution >= 4 is 27.2 Å². The summed E-state index contributed by atoms with van der Waals surface area (Å²) in [4.78, 5) is 4.42. The second kappa shape index (κ2) is 5.02. The van der Waals surface area contributed by atoms with Crippen molar-refractivity contribution in [2.75, 3.05) is 18.4 Å². The number of rotatable bonds is 4. The van der Waals surface area contributed by atoms with Crippen molar-refractivity contribution in [3.05, 3.63) is 23.7 Å². The fourth-order valence-electron chi connectivity index (χ4n) is 2.40. The minimum absolute atomic E-state index is 0.698. The number of pyridine rings is 1. The molecule has 3 rings (SSSR count). The van der Waals surface area contributed by atoms with Gasteiger partial charge in [0.05, 0.1) is 0 Å². The molecule has 2 N–H and O–H groups in total. The summed E-state index contributed by atoms with van der Waals surface area (Å²) in [5.41, 5.74) is 0. The standard InChI is InChI=1S/C13H17N3S/c1-2-10(14-6-1)3-7-15-13-11-5-9-17-12(11)4-8-16-13/h4-5,8-10,14H,1-3,6-7H2,(H,15,16)/t10-/m1/s1. The van der Waals surface area contributed by atoms with Gasteiger partial charge in [0.2, 0.25) is 0 Å². The monoisotopic (exact) mass is 247 g/mol. The molecule has 2 aromatic heterocycles. The van der Waals surface area contributed by atoms with Gasteiger partial charge in [-0.15, -0.1) is 11.3 Å². The molecule has 0 aromatic carbocycles. The van der Waals surface area contributed by atoms with Crippen LogP contribution >= 0.6 is 11.3 Å². The van der Waals surface area contributed by atoms with E-state index in [-0.39, 0.29) is 0 Å². The zero-order valence-electron chi connectivity index (χ0n) is 9.78. The topological polar surface area (TPSA) is 37.0 Å². The molecule has 0 bridgehead atoms. The molecule has 0 unspecified atom stereocenters. The minimum atomic E-state index is 0.698. The van der Waals surface area contributed by atoms with Crippen LogP contribution in [-0.4, -0.2) is 24.1 Å². The van der Waals surface area contributed by atoms with Gasteiger partial charge in [-0.2, -0.15) is 0 Å². The predicted molar refractivity (Wildman–Crippen MR) is 73.8 cm³/mol. The molecule has 90 valence electrons. The van der Waals surface area contributed by atoms with Crippen LogP contribution in [0.1, 0.15) is 19.3 Å². The van der Waals surface area contributed by atoms with Crippen molar-refractivity contribution in [1.29, 1.82) is 0 Å². The van der Waals surface area contributed by atoms with Gasteiger partial charge in [0.1, 0.15) is 5.82 Å². The molecule has 1 fully saturated rings. The number of anilines is 1. The lowest BCUT2D eigenvalue weighted by Crippen LogP contribution is -2.24. The van der Waals surface area contributed by atoms with E-state index in [9.17, 15) is 0 Å². The Balaban J connectivity index is 1.62. The fraction of sp³-hybridized carbons (Fsp3) is 0.462. The lowest BCUT2D eigenvalue weighted by molar-refractivity contribution is 0.574. The fourth-order valence-corrected chi connectivity index (χ4v) is 3.19. The van der Waals surface area contributed by atoms with Crippen molar-refractivity contribution in [3.63, 3.8) is 0 Å². The van der Waals surface area contributed by atoms with E-state index < -0.39 is 0 Å². The van der Waals surface area contributed by atoms with Crippen LogP contribution in [0.2, 0.25) is 0 Å². The summed E-state index contributed by atoms with van der Waals surface area (Å²) < 4.78 is 1.31. The number of hydrogen-bond donors (Lipinski definition) is 2. The summed E-state index contributed by atoms with van der Waals surface area (Å²) in [6.45, 7) is 2.18. The van der Waals surface area contributed by atoms with Crippen molar-refractivity contribution in [1.82, 2.24) is 10.3 Å². The number of hydrogen-bond acceptors (Lipinski definition) is 4. The molecule has 0 aliphatic carbocycles. The van der Waals surface area contributed by atoms with E-state index in [0.29, 0.717) is 6.04 Å². The molecule has 0 spiro atoms. The van der Waals surface area contributed by atoms with Gasteiger partial charge in [0.15, 0.2) is 0 Å². The highest BCUT2D eigenvalue weighted by atomic mass is 32.1. The Morgan fingerprint density at radius 2 is 2.47 bits per heavy atom. The van der Waals surface area contributed by atoms with E-state index in [1.54, 1.807) is 11.3 Å². The first-order valence-corrected chi connectivity index (χ1v) is 7.11. The summed E-state index contributed by atoms with van der Waals surface area (Å²) in [7, 11) is 0. The molecule has 0 saturated carbocycles. The third-order valence-electron chi connectivity index (χ3n) is 3.33. The highest BCUT2D eigenvalue weighted by Crippen LogP contribution is 2.25. The number of nitrogens with zero attached hydrogens (tertiary/aromatic N) is 1. The van der Waals surface area contributed by atoms with Gasteiger partial charge in [0, 0.05) is 28.9 Å². The van der Waals surface area contributed by atoms with E-state index in [1.807, 2.05) is 6.20 Å². The quantitative estimate of drug-likeness (QED) is 0.872. The van der Waals surface area contributed by atoms with Gasteiger partial charge in [-0.1, -0.05) is 0 Å². The van der Waals surface area contributed by atoms with Gasteiger partial charge >= 0.3 is 0 Å². The van der Waals surface area contributed by atoms with E-state index in [1.165, 1.54) is 35.9 Å². The van der Waals surface area contributed by atoms with E-state index in [2.05, 4.69) is 33.1 Å². The maximum absolute atomic E-state index is 4.42. The van der Waals surface area contributed by atoms with Crippen LogP contribution in [0.5, 0.6) is 0 Å². The highest BCUT2D eigenvalue weighted by Gasteiger charge is 2.13. The van der Waals surface area contributed by atoms with Crippen LogP contribution in [0.4, 0.5) is 5.82 Å². The molecule has 3 nitrogen and oxygen atoms in total. The second-order valence-corrected chi connectivity index (χ2v) is 5.45. The van der Waals surface area contributed by atoms with E-state index in [0.717, 1.165) is 12.4 Å². The second-order valence-electron chi connectivity index (χ2n) is 4.50. The average Bonchev–Trinajstić information content (AvgIpc) is 2.99. The Morgan fingerprint density at radius 1 is 1.47 bits per heavy atom. The Bertz CT molecular complexity index is 488. The number of thiophene rings is 1. The van der Waals surface area contributed by atoms with Gasteiger partial charge in [0.25, 0.3) is 0 Å². The SMILES string of the molecule is c1cc2sccc2c(NCC[C@H]2CCCN2)n1. The molecule has 4 heteroatoms. The summed E-state index contributed by atoms with van der Waals surface area (Å²) >= 11 is 1.77. The number of fused-ring (bicyclic) bond motifs is 1. The van der Waals surface area contributed by atoms with E-state index in [4.69, 9.17) is 0 Å². The van der Waals surface area contributed by atoms with Crippen LogP contribution < -0.4 is 10.6 Å². The third kappa shape index (κ3) is 2.42. The molecule has 1 aliphatic heterocycles. The van der Waals surface area contributed by atoms with Gasteiger partial charge in [-0.25, -0.2) is 4.98 Å². The largest absolute Gasteiger partial charge is 0.369 e. The lowest BCUT2D eigenvalue weighted by Gasteiger charge is -2.11. The normalized spacial score (nSPS) is 19.9. The molecule has 1 atom stereocenters. The molecule has 2 aromatic rings. The summed E-state index contributed by atoms with van der Waals surface area (Å²) in [6, 6.07) is 4.91. The highest BCUT2D eigenvalue weighted by molar-refractivity contribution is 7.17. The van der Waals surface area contributed by atoms with Gasteiger partial charge < -0.3 is 10.6 Å². The smallest absolute Gasteiger partial charge is 0.134 e. The van der Waals surface area contributed by atoms with E-state index >= 15 is 0 Å². The number of aromatic nitrogens is 1. The molecular formula is C13H17N3S. The van der Waals surface area contributed by atoms with Crippen molar-refractivity contribution < 1.29 is 0 Å². The Labute approximate surface area is 105 Å². The minimum Gasteiger partial charge on any atom is -0.369 e. The van der Waals surface area contributed by atoms with Crippen LogP contribution in [0.3, 0.4) is 0 Å². The Kier molecular flexibility index (Phi) is 3.25. The summed E-state index contributed by atoms with van der Waals surface area (Å²) in [6.07, 6.45) is 5.71. The van der Waals surface area contributed by atoms with Crippen molar-refractivity contribution in [2.24, 2.45) is 0 Å². The molecule has 0 radical (unpaired) electrons. The predicted octanol–water partition coefficient (Wildman–Crippen LogP) is 2.85. The molecular weight excluding hydrogens is 230 g/mol. The first-order chi connectivity index (χ1) is 8.43. The maximum atomic E-state index is 4.42. The molecule has 3 heterocycles. The lowest BCUT2D eigenvalue weighted by atomic mass is 10.1. The maximum Gasteiger partial charge on any atom is 0.134 e. The average molecular weight is 247 g/mol. The summed E-state index contributed by atoms with van der Waals surface area (Å²) in [5, 5.41) is 10.3. The molecule has 1 aliphatic rings. The van der Waals surface area contributed by atoms with Gasteiger partial charge in [-0.3, -0.25) is 0 Å². The van der Waals surface area contributed by atoms with Crippen LogP contribution in [-0.2, 0) is 0 Å². The zero-order chi connectivity index (χ0) is 11.5. The van der Waals surface area contributed by atoms with Crippen molar-refractivity contribution in [2.45, 2.75) is 25.3 Å². The van der Waals surface area contributed by atoms with Crippen LogP contribution in [0.15, 0.2) is 23.7 Å².